The molecule has 170 valence electrons. The van der Waals surface area contributed by atoms with Gasteiger partial charge in [0.1, 0.15) is 5.60 Å². The first-order valence-electron chi connectivity index (χ1n) is 10.1. The number of aromatic nitrogens is 2. The van der Waals surface area contributed by atoms with Crippen molar-refractivity contribution in [2.24, 2.45) is 0 Å². The molecular formula is C22H22F3N3O3S. The number of amides is 1. The molecular weight excluding hydrogens is 443 g/mol. The van der Waals surface area contributed by atoms with Crippen LogP contribution in [0.1, 0.15) is 43.0 Å². The average molecular weight is 465 g/mol. The summed E-state index contributed by atoms with van der Waals surface area (Å²) in [7, 11) is 0. The van der Waals surface area contributed by atoms with Crippen molar-refractivity contribution in [1.82, 2.24) is 14.5 Å². The molecule has 0 unspecified atom stereocenters. The van der Waals surface area contributed by atoms with Crippen LogP contribution in [0.2, 0.25) is 0 Å². The molecule has 3 aromatic rings. The van der Waals surface area contributed by atoms with Gasteiger partial charge in [-0.25, -0.2) is 9.78 Å². The molecule has 0 bridgehead atoms. The van der Waals surface area contributed by atoms with Crippen molar-refractivity contribution in [3.63, 3.8) is 0 Å². The third-order valence-corrected chi connectivity index (χ3v) is 6.08. The molecule has 10 heteroatoms. The van der Waals surface area contributed by atoms with Gasteiger partial charge < -0.3 is 9.64 Å². The maximum absolute atomic E-state index is 13.4. The van der Waals surface area contributed by atoms with Crippen molar-refractivity contribution < 1.29 is 22.7 Å². The van der Waals surface area contributed by atoms with Crippen LogP contribution in [0.4, 0.5) is 18.0 Å². The van der Waals surface area contributed by atoms with Gasteiger partial charge in [0.15, 0.2) is 5.65 Å². The van der Waals surface area contributed by atoms with E-state index in [-0.39, 0.29) is 18.6 Å². The van der Waals surface area contributed by atoms with Crippen LogP contribution in [0.25, 0.3) is 10.3 Å². The first kappa shape index (κ1) is 22.3. The van der Waals surface area contributed by atoms with Gasteiger partial charge >= 0.3 is 12.3 Å². The number of carbonyl (C=O) groups is 1. The van der Waals surface area contributed by atoms with Gasteiger partial charge in [-0.05, 0) is 50.5 Å². The quantitative estimate of drug-likeness (QED) is 0.545. The second-order valence-electron chi connectivity index (χ2n) is 8.70. The molecule has 0 saturated carbocycles. The molecule has 0 N–H and O–H groups in total. The average Bonchev–Trinajstić information content (AvgIpc) is 3.19. The summed E-state index contributed by atoms with van der Waals surface area (Å²) >= 11 is 1.41. The maximum atomic E-state index is 13.4. The molecule has 32 heavy (non-hydrogen) atoms. The molecule has 1 aromatic carbocycles. The number of hydrogen-bond donors (Lipinski definition) is 0. The summed E-state index contributed by atoms with van der Waals surface area (Å²) in [6.45, 7) is 5.96. The van der Waals surface area contributed by atoms with Crippen molar-refractivity contribution in [1.29, 1.82) is 0 Å². The summed E-state index contributed by atoms with van der Waals surface area (Å²) in [5.41, 5.74) is 2.37. The SMILES string of the molecule is CC(C)(C)OC(=O)N1CCc2c(c(=O)n(Cc3ccc(C(F)(F)F)cc3)c3ncsc23)C1. The Kier molecular flexibility index (Phi) is 5.52. The number of halogens is 3. The molecule has 6 nitrogen and oxygen atoms in total. The standard InChI is InChI=1S/C22H22F3N3O3S/c1-21(2,3)31-20(30)27-9-8-15-16(11-27)19(29)28(18-17(15)32-12-26-18)10-13-4-6-14(7-5-13)22(23,24)25/h4-7,12H,8-11H2,1-3H3. The summed E-state index contributed by atoms with van der Waals surface area (Å²) < 4.78 is 46.4. The highest BCUT2D eigenvalue weighted by atomic mass is 32.1. The van der Waals surface area contributed by atoms with Gasteiger partial charge in [-0.3, -0.25) is 9.36 Å². The van der Waals surface area contributed by atoms with Gasteiger partial charge in [0.25, 0.3) is 5.56 Å². The third kappa shape index (κ3) is 4.36. The fourth-order valence-electron chi connectivity index (χ4n) is 3.72. The zero-order chi connectivity index (χ0) is 23.3. The Morgan fingerprint density at radius 2 is 1.84 bits per heavy atom. The largest absolute Gasteiger partial charge is 0.444 e. The van der Waals surface area contributed by atoms with E-state index >= 15 is 0 Å². The van der Waals surface area contributed by atoms with Crippen LogP contribution in [-0.2, 0) is 30.4 Å². The number of pyridine rings is 1. The highest BCUT2D eigenvalue weighted by Crippen LogP contribution is 2.31. The van der Waals surface area contributed by atoms with E-state index in [9.17, 15) is 22.8 Å². The Morgan fingerprint density at radius 1 is 1.16 bits per heavy atom. The highest BCUT2D eigenvalue weighted by molar-refractivity contribution is 7.16. The second-order valence-corrected chi connectivity index (χ2v) is 9.55. The number of ether oxygens (including phenoxy) is 1. The van der Waals surface area contributed by atoms with Gasteiger partial charge in [-0.1, -0.05) is 12.1 Å². The summed E-state index contributed by atoms with van der Waals surface area (Å²) in [6.07, 6.45) is -4.40. The minimum atomic E-state index is -4.42. The van der Waals surface area contributed by atoms with E-state index in [1.54, 1.807) is 26.3 Å². The summed E-state index contributed by atoms with van der Waals surface area (Å²) in [4.78, 5) is 31.8. The van der Waals surface area contributed by atoms with E-state index in [2.05, 4.69) is 4.98 Å². The number of alkyl halides is 3. The van der Waals surface area contributed by atoms with Crippen LogP contribution < -0.4 is 5.56 Å². The Balaban J connectivity index is 1.70. The van der Waals surface area contributed by atoms with Crippen molar-refractivity contribution in [2.75, 3.05) is 6.54 Å². The van der Waals surface area contributed by atoms with E-state index in [0.29, 0.717) is 29.7 Å². The number of nitrogens with zero attached hydrogens (tertiary/aromatic N) is 3. The first-order valence-corrected chi connectivity index (χ1v) is 10.9. The molecule has 0 aliphatic carbocycles. The topological polar surface area (TPSA) is 64.4 Å². The van der Waals surface area contributed by atoms with Crippen molar-refractivity contribution in [2.45, 2.75) is 52.1 Å². The number of fused-ring (bicyclic) bond motifs is 3. The van der Waals surface area contributed by atoms with Crippen LogP contribution in [0.5, 0.6) is 0 Å². The zero-order valence-corrected chi connectivity index (χ0v) is 18.6. The fraction of sp³-hybridized carbons (Fsp3) is 0.409. The summed E-state index contributed by atoms with van der Waals surface area (Å²) in [5.74, 6) is 0. The van der Waals surface area contributed by atoms with Crippen LogP contribution in [0, 0.1) is 0 Å². The molecule has 0 saturated heterocycles. The Labute approximate surface area is 186 Å². The van der Waals surface area contributed by atoms with Crippen molar-refractivity contribution >= 4 is 27.8 Å². The molecule has 1 aliphatic heterocycles. The smallest absolute Gasteiger partial charge is 0.416 e. The molecule has 3 heterocycles. The zero-order valence-electron chi connectivity index (χ0n) is 17.8. The molecule has 0 fully saturated rings. The Morgan fingerprint density at radius 3 is 2.47 bits per heavy atom. The highest BCUT2D eigenvalue weighted by Gasteiger charge is 2.31. The number of rotatable bonds is 2. The molecule has 1 aliphatic rings. The second kappa shape index (κ2) is 7.91. The lowest BCUT2D eigenvalue weighted by molar-refractivity contribution is -0.137. The van der Waals surface area contributed by atoms with Crippen LogP contribution >= 0.6 is 11.3 Å². The summed E-state index contributed by atoms with van der Waals surface area (Å²) in [6, 6.07) is 4.72. The minimum absolute atomic E-state index is 0.0803. The number of hydrogen-bond acceptors (Lipinski definition) is 5. The van der Waals surface area contributed by atoms with Crippen molar-refractivity contribution in [3.05, 3.63) is 62.4 Å². The van der Waals surface area contributed by atoms with Gasteiger partial charge in [0.2, 0.25) is 0 Å². The van der Waals surface area contributed by atoms with E-state index in [0.717, 1.165) is 22.4 Å². The first-order chi connectivity index (χ1) is 14.9. The van der Waals surface area contributed by atoms with Crippen LogP contribution in [0.3, 0.4) is 0 Å². The van der Waals surface area contributed by atoms with Gasteiger partial charge in [-0.15, -0.1) is 11.3 Å². The Bertz CT molecular complexity index is 1220. The monoisotopic (exact) mass is 465 g/mol. The minimum Gasteiger partial charge on any atom is -0.444 e. The number of benzene rings is 1. The lowest BCUT2D eigenvalue weighted by Gasteiger charge is -2.31. The summed E-state index contributed by atoms with van der Waals surface area (Å²) in [5, 5.41) is 0. The molecule has 0 atom stereocenters. The van der Waals surface area contributed by atoms with Gasteiger partial charge in [0.05, 0.1) is 28.9 Å². The molecule has 1 amide bonds. The van der Waals surface area contributed by atoms with Crippen molar-refractivity contribution in [3.8, 4) is 0 Å². The molecule has 0 spiro atoms. The number of carbonyl (C=O) groups excluding carboxylic acids is 1. The predicted octanol–water partition coefficient (Wildman–Crippen LogP) is 4.82. The third-order valence-electron chi connectivity index (χ3n) is 5.20. The number of thiazole rings is 1. The van der Waals surface area contributed by atoms with E-state index in [1.807, 2.05) is 0 Å². The van der Waals surface area contributed by atoms with E-state index in [4.69, 9.17) is 4.74 Å². The Hall–Kier alpha value is -2.88. The maximum Gasteiger partial charge on any atom is 0.416 e. The lowest BCUT2D eigenvalue weighted by Crippen LogP contribution is -2.42. The van der Waals surface area contributed by atoms with Crippen LogP contribution in [0.15, 0.2) is 34.6 Å². The van der Waals surface area contributed by atoms with E-state index < -0.39 is 23.4 Å². The van der Waals surface area contributed by atoms with Crippen LogP contribution in [-0.4, -0.2) is 32.7 Å². The van der Waals surface area contributed by atoms with Gasteiger partial charge in [0, 0.05) is 12.1 Å². The molecule has 4 rings (SSSR count). The molecule has 2 aromatic heterocycles. The van der Waals surface area contributed by atoms with E-state index in [1.165, 1.54) is 32.9 Å². The van der Waals surface area contributed by atoms with Gasteiger partial charge in [-0.2, -0.15) is 13.2 Å². The predicted molar refractivity (Wildman–Crippen MR) is 115 cm³/mol. The lowest BCUT2D eigenvalue weighted by atomic mass is 10.0. The molecule has 0 radical (unpaired) electrons. The fourth-order valence-corrected chi connectivity index (χ4v) is 4.61. The normalized spacial score (nSPS) is 14.5.